The maximum absolute atomic E-state index is 13.1. The summed E-state index contributed by atoms with van der Waals surface area (Å²) in [5.41, 5.74) is 2.94. The van der Waals surface area contributed by atoms with Crippen LogP contribution in [0.4, 0.5) is 15.9 Å². The quantitative estimate of drug-likeness (QED) is 0.653. The highest BCUT2D eigenvalue weighted by Crippen LogP contribution is 2.27. The fraction of sp³-hybridized carbons (Fsp3) is 0.292. The Morgan fingerprint density at radius 2 is 1.58 bits per heavy atom. The average molecular weight is 417 g/mol. The smallest absolute Gasteiger partial charge is 0.229 e. The van der Waals surface area contributed by atoms with Crippen LogP contribution in [-0.4, -0.2) is 60.0 Å². The molecular weight excluding hydrogens is 393 g/mol. The highest BCUT2D eigenvalue weighted by atomic mass is 19.1. The summed E-state index contributed by atoms with van der Waals surface area (Å²) >= 11 is 0. The van der Waals surface area contributed by atoms with Gasteiger partial charge in [-0.3, -0.25) is 4.79 Å². The molecule has 0 atom stereocenters. The van der Waals surface area contributed by atoms with Gasteiger partial charge in [0.2, 0.25) is 5.91 Å². The fourth-order valence-electron chi connectivity index (χ4n) is 4.20. The number of rotatable bonds is 4. The molecule has 0 unspecified atom stereocenters. The Morgan fingerprint density at radius 3 is 2.29 bits per heavy atom. The number of anilines is 2. The Morgan fingerprint density at radius 1 is 0.871 bits per heavy atom. The molecule has 158 valence electrons. The molecule has 0 bridgehead atoms. The number of nitrogens with zero attached hydrogens (tertiary/aromatic N) is 5. The molecule has 3 aromatic rings. The van der Waals surface area contributed by atoms with E-state index in [1.165, 1.54) is 12.1 Å². The number of amides is 1. The van der Waals surface area contributed by atoms with Gasteiger partial charge in [-0.1, -0.05) is 30.3 Å². The SMILES string of the molecule is O=C(C1CN(c2cc(-c3ccccc3)ncn2)C1)N1CCN(c2ccc(F)cc2)CC1. The first kappa shape index (κ1) is 19.5. The fourth-order valence-corrected chi connectivity index (χ4v) is 4.20. The van der Waals surface area contributed by atoms with Gasteiger partial charge >= 0.3 is 0 Å². The van der Waals surface area contributed by atoms with E-state index in [4.69, 9.17) is 0 Å². The van der Waals surface area contributed by atoms with E-state index in [1.54, 1.807) is 18.5 Å². The molecule has 0 N–H and O–H groups in total. The predicted molar refractivity (Wildman–Crippen MR) is 118 cm³/mol. The van der Waals surface area contributed by atoms with Crippen LogP contribution in [0.2, 0.25) is 0 Å². The van der Waals surface area contributed by atoms with Gasteiger partial charge in [-0.05, 0) is 24.3 Å². The van der Waals surface area contributed by atoms with Crippen molar-refractivity contribution in [3.05, 3.63) is 72.8 Å². The first-order valence-electron chi connectivity index (χ1n) is 10.6. The van der Waals surface area contributed by atoms with Crippen LogP contribution in [0.25, 0.3) is 11.3 Å². The highest BCUT2D eigenvalue weighted by Gasteiger charge is 2.37. The van der Waals surface area contributed by atoms with E-state index in [0.717, 1.165) is 35.9 Å². The number of hydrogen-bond donors (Lipinski definition) is 0. The zero-order valence-electron chi connectivity index (χ0n) is 17.2. The average Bonchev–Trinajstić information content (AvgIpc) is 2.79. The van der Waals surface area contributed by atoms with Gasteiger partial charge < -0.3 is 14.7 Å². The van der Waals surface area contributed by atoms with Gasteiger partial charge in [0.1, 0.15) is 18.0 Å². The van der Waals surface area contributed by atoms with E-state index in [-0.39, 0.29) is 17.6 Å². The van der Waals surface area contributed by atoms with Crippen molar-refractivity contribution in [2.45, 2.75) is 0 Å². The molecule has 5 rings (SSSR count). The van der Waals surface area contributed by atoms with Gasteiger partial charge in [0.25, 0.3) is 0 Å². The minimum Gasteiger partial charge on any atom is -0.368 e. The van der Waals surface area contributed by atoms with Crippen molar-refractivity contribution in [3.63, 3.8) is 0 Å². The summed E-state index contributed by atoms with van der Waals surface area (Å²) in [5, 5.41) is 0. The van der Waals surface area contributed by atoms with Crippen molar-refractivity contribution in [1.29, 1.82) is 0 Å². The molecule has 0 radical (unpaired) electrons. The topological polar surface area (TPSA) is 52.6 Å². The molecule has 2 saturated heterocycles. The van der Waals surface area contributed by atoms with Gasteiger partial charge in [-0.25, -0.2) is 14.4 Å². The van der Waals surface area contributed by atoms with Gasteiger partial charge in [0.05, 0.1) is 11.6 Å². The molecule has 0 spiro atoms. The Labute approximate surface area is 180 Å². The Kier molecular flexibility index (Phi) is 5.24. The van der Waals surface area contributed by atoms with Crippen molar-refractivity contribution >= 4 is 17.4 Å². The van der Waals surface area contributed by atoms with Gasteiger partial charge in [-0.2, -0.15) is 0 Å². The molecule has 2 fully saturated rings. The second-order valence-corrected chi connectivity index (χ2v) is 8.02. The van der Waals surface area contributed by atoms with Crippen LogP contribution in [0.3, 0.4) is 0 Å². The van der Waals surface area contributed by atoms with Crippen molar-refractivity contribution in [1.82, 2.24) is 14.9 Å². The normalized spacial score (nSPS) is 16.9. The summed E-state index contributed by atoms with van der Waals surface area (Å²) in [5.74, 6) is 0.852. The summed E-state index contributed by atoms with van der Waals surface area (Å²) in [7, 11) is 0. The van der Waals surface area contributed by atoms with Crippen LogP contribution >= 0.6 is 0 Å². The monoisotopic (exact) mass is 417 g/mol. The molecule has 0 aliphatic carbocycles. The molecule has 7 heteroatoms. The van der Waals surface area contributed by atoms with E-state index in [1.807, 2.05) is 41.3 Å². The highest BCUT2D eigenvalue weighted by molar-refractivity contribution is 5.82. The number of piperazine rings is 1. The van der Waals surface area contributed by atoms with Crippen LogP contribution in [0.15, 0.2) is 67.0 Å². The van der Waals surface area contributed by atoms with E-state index >= 15 is 0 Å². The van der Waals surface area contributed by atoms with Crippen molar-refractivity contribution in [2.75, 3.05) is 49.1 Å². The van der Waals surface area contributed by atoms with Crippen LogP contribution in [0, 0.1) is 11.7 Å². The van der Waals surface area contributed by atoms with E-state index in [0.29, 0.717) is 26.2 Å². The number of aromatic nitrogens is 2. The molecule has 2 aromatic carbocycles. The van der Waals surface area contributed by atoms with Gasteiger partial charge in [0, 0.05) is 56.6 Å². The Hall–Kier alpha value is -3.48. The van der Waals surface area contributed by atoms with Crippen LogP contribution < -0.4 is 9.80 Å². The summed E-state index contributed by atoms with van der Waals surface area (Å²) in [6.45, 7) is 4.28. The Bertz CT molecular complexity index is 1050. The van der Waals surface area contributed by atoms with E-state index in [2.05, 4.69) is 19.8 Å². The number of carbonyl (C=O) groups excluding carboxylic acids is 1. The Balaban J connectivity index is 1.15. The van der Waals surface area contributed by atoms with E-state index < -0.39 is 0 Å². The van der Waals surface area contributed by atoms with Crippen LogP contribution in [-0.2, 0) is 4.79 Å². The number of halogens is 1. The molecule has 6 nitrogen and oxygen atoms in total. The predicted octanol–water partition coefficient (Wildman–Crippen LogP) is 3.07. The lowest BCUT2D eigenvalue weighted by Gasteiger charge is -2.43. The number of hydrogen-bond acceptors (Lipinski definition) is 5. The lowest BCUT2D eigenvalue weighted by molar-refractivity contribution is -0.136. The standard InChI is InChI=1S/C24H24FN5O/c25-20-6-8-21(9-7-20)28-10-12-29(13-11-28)24(31)19-15-30(16-19)23-14-22(26-17-27-23)18-4-2-1-3-5-18/h1-9,14,17,19H,10-13,15-16H2. The molecule has 0 saturated carbocycles. The van der Waals surface area contributed by atoms with Crippen molar-refractivity contribution in [3.8, 4) is 11.3 Å². The second-order valence-electron chi connectivity index (χ2n) is 8.02. The first-order chi connectivity index (χ1) is 15.2. The lowest BCUT2D eigenvalue weighted by atomic mass is 9.97. The number of benzene rings is 2. The molecule has 1 amide bonds. The maximum Gasteiger partial charge on any atom is 0.229 e. The third-order valence-corrected chi connectivity index (χ3v) is 6.06. The van der Waals surface area contributed by atoms with Crippen LogP contribution in [0.5, 0.6) is 0 Å². The molecule has 31 heavy (non-hydrogen) atoms. The lowest BCUT2D eigenvalue weighted by Crippen LogP contribution is -2.58. The third-order valence-electron chi connectivity index (χ3n) is 6.06. The number of carbonyl (C=O) groups is 1. The molecule has 3 heterocycles. The zero-order valence-corrected chi connectivity index (χ0v) is 17.2. The largest absolute Gasteiger partial charge is 0.368 e. The summed E-state index contributed by atoms with van der Waals surface area (Å²) in [6.07, 6.45) is 1.58. The second kappa shape index (κ2) is 8.34. The van der Waals surface area contributed by atoms with Crippen molar-refractivity contribution < 1.29 is 9.18 Å². The van der Waals surface area contributed by atoms with Crippen LogP contribution in [0.1, 0.15) is 0 Å². The minimum atomic E-state index is -0.230. The minimum absolute atomic E-state index is 0.00696. The molecule has 1 aromatic heterocycles. The molecule has 2 aliphatic rings. The zero-order chi connectivity index (χ0) is 21.2. The third kappa shape index (κ3) is 4.08. The van der Waals surface area contributed by atoms with Gasteiger partial charge in [-0.15, -0.1) is 0 Å². The van der Waals surface area contributed by atoms with Gasteiger partial charge in [0.15, 0.2) is 0 Å². The first-order valence-corrected chi connectivity index (χ1v) is 10.6. The molecule has 2 aliphatic heterocycles. The van der Waals surface area contributed by atoms with Crippen molar-refractivity contribution in [2.24, 2.45) is 5.92 Å². The summed E-state index contributed by atoms with van der Waals surface area (Å²) in [4.78, 5) is 28.0. The summed E-state index contributed by atoms with van der Waals surface area (Å²) < 4.78 is 13.1. The molecular formula is C24H24FN5O. The maximum atomic E-state index is 13.1. The van der Waals surface area contributed by atoms with E-state index in [9.17, 15) is 9.18 Å². The summed E-state index contributed by atoms with van der Waals surface area (Å²) in [6, 6.07) is 18.5.